The normalized spacial score (nSPS) is 11.2. The smallest absolute Gasteiger partial charge is 0.162 e. The van der Waals surface area contributed by atoms with Gasteiger partial charge in [-0.1, -0.05) is 13.8 Å². The molecule has 0 aliphatic heterocycles. The van der Waals surface area contributed by atoms with Gasteiger partial charge in [-0.25, -0.2) is 9.97 Å². The Kier molecular flexibility index (Phi) is 4.81. The average Bonchev–Trinajstić information content (AvgIpc) is 2.71. The van der Waals surface area contributed by atoms with Crippen molar-refractivity contribution >= 4 is 33.1 Å². The zero-order valence-electron chi connectivity index (χ0n) is 12.5. The third kappa shape index (κ3) is 3.04. The highest BCUT2D eigenvalue weighted by molar-refractivity contribution is 9.10. The van der Waals surface area contributed by atoms with E-state index in [0.29, 0.717) is 5.92 Å². The van der Waals surface area contributed by atoms with Gasteiger partial charge in [0.25, 0.3) is 0 Å². The zero-order valence-corrected chi connectivity index (χ0v) is 14.9. The van der Waals surface area contributed by atoms with E-state index in [1.165, 1.54) is 9.75 Å². The summed E-state index contributed by atoms with van der Waals surface area (Å²) in [6.07, 6.45) is 0. The molecule has 108 valence electrons. The van der Waals surface area contributed by atoms with Gasteiger partial charge in [0.05, 0.1) is 10.2 Å². The number of thiophene rings is 1. The minimum absolute atomic E-state index is 0.351. The molecule has 0 radical (unpaired) electrons. The molecular formula is C15H20BrN3S. The monoisotopic (exact) mass is 353 g/mol. The highest BCUT2D eigenvalue weighted by Gasteiger charge is 2.17. The summed E-state index contributed by atoms with van der Waals surface area (Å²) < 4.78 is 0.975. The van der Waals surface area contributed by atoms with E-state index in [1.807, 2.05) is 0 Å². The number of rotatable bonds is 4. The largest absolute Gasteiger partial charge is 0.369 e. The van der Waals surface area contributed by atoms with Gasteiger partial charge in [0, 0.05) is 21.9 Å². The summed E-state index contributed by atoms with van der Waals surface area (Å²) in [7, 11) is 0. The van der Waals surface area contributed by atoms with Crippen molar-refractivity contribution in [3.63, 3.8) is 0 Å². The number of aryl methyl sites for hydroxylation is 2. The van der Waals surface area contributed by atoms with Crippen molar-refractivity contribution in [1.29, 1.82) is 0 Å². The lowest BCUT2D eigenvalue weighted by Crippen LogP contribution is -2.07. The number of halogens is 1. The van der Waals surface area contributed by atoms with Crippen molar-refractivity contribution in [1.82, 2.24) is 9.97 Å². The second kappa shape index (κ2) is 6.22. The lowest BCUT2D eigenvalue weighted by Gasteiger charge is -2.14. The Balaban J connectivity index is 2.61. The van der Waals surface area contributed by atoms with Crippen molar-refractivity contribution in [3.05, 3.63) is 26.0 Å². The molecule has 0 aliphatic rings. The van der Waals surface area contributed by atoms with Crippen molar-refractivity contribution in [3.8, 4) is 11.4 Å². The Morgan fingerprint density at radius 3 is 2.50 bits per heavy atom. The van der Waals surface area contributed by atoms with Crippen LogP contribution in [0.4, 0.5) is 5.82 Å². The molecule has 0 saturated carbocycles. The van der Waals surface area contributed by atoms with Crippen molar-refractivity contribution in [2.24, 2.45) is 0 Å². The van der Waals surface area contributed by atoms with Crippen LogP contribution in [0, 0.1) is 13.8 Å². The zero-order chi connectivity index (χ0) is 14.9. The average molecular weight is 354 g/mol. The van der Waals surface area contributed by atoms with E-state index in [2.05, 4.69) is 66.9 Å². The van der Waals surface area contributed by atoms with Crippen molar-refractivity contribution in [2.45, 2.75) is 40.5 Å². The standard InChI is InChI=1S/C15H20BrN3S/c1-6-17-15-12(16)13(8(2)3)18-14(19-15)11-7-9(4)20-10(11)5/h7-8H,6H2,1-5H3,(H,17,18,19). The van der Waals surface area contributed by atoms with Crippen LogP contribution in [-0.4, -0.2) is 16.5 Å². The second-order valence-corrected chi connectivity index (χ2v) is 7.36. The van der Waals surface area contributed by atoms with Crippen LogP contribution in [0.3, 0.4) is 0 Å². The van der Waals surface area contributed by atoms with E-state index >= 15 is 0 Å². The number of aromatic nitrogens is 2. The highest BCUT2D eigenvalue weighted by atomic mass is 79.9. The predicted octanol–water partition coefficient (Wildman–Crippen LogP) is 5.14. The fourth-order valence-electron chi connectivity index (χ4n) is 2.10. The lowest BCUT2D eigenvalue weighted by molar-refractivity contribution is 0.809. The summed E-state index contributed by atoms with van der Waals surface area (Å²) in [6, 6.07) is 2.17. The van der Waals surface area contributed by atoms with Gasteiger partial charge in [0.15, 0.2) is 5.82 Å². The minimum Gasteiger partial charge on any atom is -0.369 e. The van der Waals surface area contributed by atoms with Crippen LogP contribution in [-0.2, 0) is 0 Å². The first-order valence-corrected chi connectivity index (χ1v) is 8.43. The van der Waals surface area contributed by atoms with E-state index < -0.39 is 0 Å². The molecule has 3 nitrogen and oxygen atoms in total. The summed E-state index contributed by atoms with van der Waals surface area (Å²) in [5.41, 5.74) is 2.19. The Labute approximate surface area is 133 Å². The van der Waals surface area contributed by atoms with Gasteiger partial charge in [-0.05, 0) is 48.7 Å². The van der Waals surface area contributed by atoms with Crippen molar-refractivity contribution < 1.29 is 0 Å². The quantitative estimate of drug-likeness (QED) is 0.826. The van der Waals surface area contributed by atoms with E-state index in [0.717, 1.165) is 33.9 Å². The Hall–Kier alpha value is -0.940. The summed E-state index contributed by atoms with van der Waals surface area (Å²) in [4.78, 5) is 12.0. The van der Waals surface area contributed by atoms with Gasteiger partial charge in [-0.2, -0.15) is 0 Å². The molecule has 1 N–H and O–H groups in total. The van der Waals surface area contributed by atoms with Gasteiger partial charge in [-0.3, -0.25) is 0 Å². The number of nitrogens with one attached hydrogen (secondary N) is 1. The van der Waals surface area contributed by atoms with Crippen LogP contribution in [0.5, 0.6) is 0 Å². The second-order valence-electron chi connectivity index (χ2n) is 5.11. The van der Waals surface area contributed by atoms with Gasteiger partial charge in [-0.15, -0.1) is 11.3 Å². The Morgan fingerprint density at radius 2 is 2.00 bits per heavy atom. The van der Waals surface area contributed by atoms with Gasteiger partial charge in [0.2, 0.25) is 0 Å². The Bertz CT molecular complexity index is 620. The third-order valence-corrected chi connectivity index (χ3v) is 4.80. The molecule has 2 aromatic heterocycles. The molecule has 2 aromatic rings. The summed E-state index contributed by atoms with van der Waals surface area (Å²) in [5, 5.41) is 3.31. The molecule has 0 spiro atoms. The molecule has 0 amide bonds. The van der Waals surface area contributed by atoms with E-state index in [4.69, 9.17) is 4.98 Å². The maximum absolute atomic E-state index is 4.77. The van der Waals surface area contributed by atoms with E-state index in [-0.39, 0.29) is 0 Å². The molecule has 0 bridgehead atoms. The maximum atomic E-state index is 4.77. The molecule has 0 fully saturated rings. The van der Waals surface area contributed by atoms with Crippen LogP contribution in [0.1, 0.15) is 42.1 Å². The van der Waals surface area contributed by atoms with Crippen LogP contribution in [0.2, 0.25) is 0 Å². The molecule has 0 saturated heterocycles. The van der Waals surface area contributed by atoms with E-state index in [1.54, 1.807) is 11.3 Å². The highest BCUT2D eigenvalue weighted by Crippen LogP contribution is 2.34. The predicted molar refractivity (Wildman–Crippen MR) is 90.8 cm³/mol. The maximum Gasteiger partial charge on any atom is 0.162 e. The van der Waals surface area contributed by atoms with Gasteiger partial charge >= 0.3 is 0 Å². The summed E-state index contributed by atoms with van der Waals surface area (Å²) in [5.74, 6) is 2.04. The summed E-state index contributed by atoms with van der Waals surface area (Å²) in [6.45, 7) is 11.5. The van der Waals surface area contributed by atoms with Crippen LogP contribution in [0.25, 0.3) is 11.4 Å². The lowest BCUT2D eigenvalue weighted by atomic mass is 10.1. The number of hydrogen-bond acceptors (Lipinski definition) is 4. The fraction of sp³-hybridized carbons (Fsp3) is 0.467. The third-order valence-electron chi connectivity index (χ3n) is 3.05. The number of hydrogen-bond donors (Lipinski definition) is 1. The first-order valence-electron chi connectivity index (χ1n) is 6.82. The minimum atomic E-state index is 0.351. The van der Waals surface area contributed by atoms with E-state index in [9.17, 15) is 0 Å². The SMILES string of the molecule is CCNc1nc(-c2cc(C)sc2C)nc(C(C)C)c1Br. The summed E-state index contributed by atoms with van der Waals surface area (Å²) >= 11 is 5.42. The van der Waals surface area contributed by atoms with Crippen LogP contribution < -0.4 is 5.32 Å². The van der Waals surface area contributed by atoms with Crippen LogP contribution in [0.15, 0.2) is 10.5 Å². The molecule has 5 heteroatoms. The molecule has 20 heavy (non-hydrogen) atoms. The molecule has 0 atom stereocenters. The molecule has 0 unspecified atom stereocenters. The van der Waals surface area contributed by atoms with Gasteiger partial charge in [0.1, 0.15) is 5.82 Å². The number of anilines is 1. The molecule has 2 heterocycles. The Morgan fingerprint density at radius 1 is 1.30 bits per heavy atom. The van der Waals surface area contributed by atoms with Crippen LogP contribution >= 0.6 is 27.3 Å². The number of nitrogens with zero attached hydrogens (tertiary/aromatic N) is 2. The molecule has 0 aromatic carbocycles. The first-order chi connectivity index (χ1) is 9.43. The molecular weight excluding hydrogens is 334 g/mol. The molecule has 0 aliphatic carbocycles. The molecule has 2 rings (SSSR count). The fourth-order valence-corrected chi connectivity index (χ4v) is 3.80. The first kappa shape index (κ1) is 15.4. The van der Waals surface area contributed by atoms with Gasteiger partial charge < -0.3 is 5.32 Å². The van der Waals surface area contributed by atoms with Crippen molar-refractivity contribution in [2.75, 3.05) is 11.9 Å². The topological polar surface area (TPSA) is 37.8 Å².